The molecule has 4 aliphatic carbocycles. The minimum Gasteiger partial charge on any atom is -0.396 e. The van der Waals surface area contributed by atoms with Gasteiger partial charge in [0, 0.05) is 23.7 Å². The van der Waals surface area contributed by atoms with Crippen LogP contribution in [0.2, 0.25) is 0 Å². The van der Waals surface area contributed by atoms with Gasteiger partial charge in [0.2, 0.25) is 0 Å². The van der Waals surface area contributed by atoms with Crippen molar-refractivity contribution in [3.05, 3.63) is 15.4 Å². The second-order valence-corrected chi connectivity index (χ2v) is 9.55. The maximum absolute atomic E-state index is 13.2. The molecular weight excluding hydrogens is 320 g/mol. The van der Waals surface area contributed by atoms with Crippen LogP contribution in [-0.2, 0) is 11.3 Å². The third-order valence-electron chi connectivity index (χ3n) is 6.62. The summed E-state index contributed by atoms with van der Waals surface area (Å²) in [5, 5.41) is 9.14. The molecule has 0 atom stereocenters. The highest BCUT2D eigenvalue weighted by Crippen LogP contribution is 2.60. The smallest absolute Gasteiger partial charge is 0.254 e. The highest BCUT2D eigenvalue weighted by Gasteiger charge is 2.54. The Morgan fingerprint density at radius 2 is 1.79 bits per heavy atom. The molecule has 5 rings (SSSR count). The number of aryl methyl sites for hydroxylation is 1. The Bertz CT molecular complexity index is 680. The van der Waals surface area contributed by atoms with Crippen LogP contribution in [0.5, 0.6) is 0 Å². The Morgan fingerprint density at radius 3 is 2.33 bits per heavy atom. The van der Waals surface area contributed by atoms with E-state index in [1.54, 1.807) is 11.3 Å². The van der Waals surface area contributed by atoms with E-state index < -0.39 is 0 Å². The zero-order valence-corrected chi connectivity index (χ0v) is 15.6. The number of aliphatic hydroxyl groups is 1. The lowest BCUT2D eigenvalue weighted by molar-refractivity contribution is -0.142. The van der Waals surface area contributed by atoms with Crippen molar-refractivity contribution >= 4 is 17.2 Å². The average molecular weight is 349 g/mol. The molecule has 5 heteroatoms. The number of aliphatic hydroxyl groups excluding tert-OH is 1. The average Bonchev–Trinajstić information content (AvgIpc) is 2.78. The molecule has 1 aromatic rings. The highest BCUT2D eigenvalue weighted by atomic mass is 32.1. The predicted octanol–water partition coefficient (Wildman–Crippen LogP) is 3.19. The van der Waals surface area contributed by atoms with Crippen LogP contribution in [0.3, 0.4) is 0 Å². The van der Waals surface area contributed by atoms with Gasteiger partial charge in [-0.3, -0.25) is 4.79 Å². The van der Waals surface area contributed by atoms with E-state index in [-0.39, 0.29) is 17.9 Å². The van der Waals surface area contributed by atoms with Crippen LogP contribution in [0, 0.1) is 37.0 Å². The Labute approximate surface area is 147 Å². The van der Waals surface area contributed by atoms with Gasteiger partial charge in [-0.2, -0.15) is 4.99 Å². The molecule has 0 aromatic carbocycles. The fourth-order valence-corrected chi connectivity index (χ4v) is 6.75. The monoisotopic (exact) mass is 348 g/mol. The summed E-state index contributed by atoms with van der Waals surface area (Å²) in [6, 6.07) is 0. The molecule has 1 heterocycles. The Balaban J connectivity index is 1.66. The molecule has 4 nitrogen and oxygen atoms in total. The minimum absolute atomic E-state index is 0.139. The molecule has 4 saturated carbocycles. The van der Waals surface area contributed by atoms with E-state index in [9.17, 15) is 4.79 Å². The van der Waals surface area contributed by atoms with Gasteiger partial charge in [0.1, 0.15) is 0 Å². The third-order valence-corrected chi connectivity index (χ3v) is 7.71. The van der Waals surface area contributed by atoms with E-state index in [0.29, 0.717) is 6.42 Å². The Kier molecular flexibility index (Phi) is 4.20. The van der Waals surface area contributed by atoms with Gasteiger partial charge < -0.3 is 9.67 Å². The summed E-state index contributed by atoms with van der Waals surface area (Å²) in [4.78, 5) is 19.9. The number of thiazole rings is 1. The van der Waals surface area contributed by atoms with Crippen molar-refractivity contribution in [2.24, 2.45) is 28.2 Å². The van der Waals surface area contributed by atoms with Crippen molar-refractivity contribution in [3.63, 3.8) is 0 Å². The van der Waals surface area contributed by atoms with Crippen molar-refractivity contribution in [2.75, 3.05) is 6.61 Å². The van der Waals surface area contributed by atoms with Gasteiger partial charge in [-0.25, -0.2) is 0 Å². The number of aromatic nitrogens is 1. The topological polar surface area (TPSA) is 54.6 Å². The summed E-state index contributed by atoms with van der Waals surface area (Å²) >= 11 is 1.62. The number of hydrogen-bond donors (Lipinski definition) is 1. The van der Waals surface area contributed by atoms with E-state index in [0.717, 1.165) is 48.4 Å². The van der Waals surface area contributed by atoms with Crippen LogP contribution in [0.25, 0.3) is 0 Å². The first kappa shape index (κ1) is 16.5. The van der Waals surface area contributed by atoms with Crippen LogP contribution in [0.15, 0.2) is 4.99 Å². The zero-order valence-electron chi connectivity index (χ0n) is 14.8. The molecule has 1 aromatic heterocycles. The van der Waals surface area contributed by atoms with E-state index in [1.807, 2.05) is 0 Å². The standard InChI is InChI=1S/C19H28N2O2S/c1-12-13(2)24-18(21(12)4-3-5-22)20-17(23)19-9-14-6-15(10-19)8-16(7-14)11-19/h14-16,22H,3-11H2,1-2H3/b20-18-. The SMILES string of the molecule is Cc1s/c(=N\C(=O)C23CC4CC(CC(C4)C2)C3)n(CCCO)c1C. The van der Waals surface area contributed by atoms with Crippen LogP contribution in [0.4, 0.5) is 0 Å². The zero-order chi connectivity index (χ0) is 16.9. The van der Waals surface area contributed by atoms with E-state index in [4.69, 9.17) is 5.11 Å². The van der Waals surface area contributed by atoms with Gasteiger partial charge in [0.15, 0.2) is 4.80 Å². The fourth-order valence-electron chi connectivity index (χ4n) is 5.75. The van der Waals surface area contributed by atoms with Crippen LogP contribution < -0.4 is 4.80 Å². The summed E-state index contributed by atoms with van der Waals surface area (Å²) in [6.45, 7) is 5.07. The van der Waals surface area contributed by atoms with Crippen LogP contribution >= 0.6 is 11.3 Å². The summed E-state index contributed by atoms with van der Waals surface area (Å²) < 4.78 is 2.12. The molecule has 0 aliphatic heterocycles. The lowest BCUT2D eigenvalue weighted by atomic mass is 9.49. The molecule has 4 fully saturated rings. The number of rotatable bonds is 4. The number of carbonyl (C=O) groups excluding carboxylic acids is 1. The van der Waals surface area contributed by atoms with Gasteiger partial charge in [-0.05, 0) is 76.5 Å². The molecule has 0 radical (unpaired) electrons. The van der Waals surface area contributed by atoms with Crippen molar-refractivity contribution in [1.82, 2.24) is 4.57 Å². The molecule has 1 N–H and O–H groups in total. The second-order valence-electron chi connectivity index (χ2n) is 8.37. The normalized spacial score (nSPS) is 35.0. The van der Waals surface area contributed by atoms with Crippen molar-refractivity contribution in [1.29, 1.82) is 0 Å². The number of amides is 1. The van der Waals surface area contributed by atoms with Crippen LogP contribution in [-0.4, -0.2) is 22.2 Å². The fraction of sp³-hybridized carbons (Fsp3) is 0.789. The molecular formula is C19H28N2O2S. The highest BCUT2D eigenvalue weighted by molar-refractivity contribution is 7.09. The molecule has 0 spiro atoms. The quantitative estimate of drug-likeness (QED) is 0.908. The maximum Gasteiger partial charge on any atom is 0.254 e. The van der Waals surface area contributed by atoms with Gasteiger partial charge in [-0.15, -0.1) is 11.3 Å². The second kappa shape index (κ2) is 6.10. The van der Waals surface area contributed by atoms with Crippen molar-refractivity contribution in [2.45, 2.75) is 65.3 Å². The molecule has 24 heavy (non-hydrogen) atoms. The van der Waals surface area contributed by atoms with E-state index >= 15 is 0 Å². The third kappa shape index (κ3) is 2.70. The van der Waals surface area contributed by atoms with Gasteiger partial charge in [-0.1, -0.05) is 0 Å². The summed E-state index contributed by atoms with van der Waals surface area (Å²) in [6.07, 6.45) is 7.96. The molecule has 0 saturated heterocycles. The molecule has 0 unspecified atom stereocenters. The first-order valence-electron chi connectivity index (χ1n) is 9.37. The van der Waals surface area contributed by atoms with Gasteiger partial charge >= 0.3 is 0 Å². The molecule has 4 aliphatic rings. The largest absolute Gasteiger partial charge is 0.396 e. The van der Waals surface area contributed by atoms with E-state index in [1.165, 1.54) is 29.8 Å². The maximum atomic E-state index is 13.2. The summed E-state index contributed by atoms with van der Waals surface area (Å²) in [5.74, 6) is 2.44. The summed E-state index contributed by atoms with van der Waals surface area (Å²) in [7, 11) is 0. The van der Waals surface area contributed by atoms with E-state index in [2.05, 4.69) is 23.4 Å². The number of nitrogens with zero attached hydrogens (tertiary/aromatic N) is 2. The first-order chi connectivity index (χ1) is 11.5. The number of carbonyl (C=O) groups is 1. The number of hydrogen-bond acceptors (Lipinski definition) is 3. The lowest BCUT2D eigenvalue weighted by Crippen LogP contribution is -2.50. The van der Waals surface area contributed by atoms with Crippen LogP contribution in [0.1, 0.15) is 55.5 Å². The summed E-state index contributed by atoms with van der Waals surface area (Å²) in [5.41, 5.74) is 1.01. The van der Waals surface area contributed by atoms with Crippen molar-refractivity contribution in [3.8, 4) is 0 Å². The van der Waals surface area contributed by atoms with Crippen molar-refractivity contribution < 1.29 is 9.90 Å². The molecule has 4 bridgehead atoms. The lowest BCUT2D eigenvalue weighted by Gasteiger charge is -2.55. The van der Waals surface area contributed by atoms with Gasteiger partial charge in [0.05, 0.1) is 5.41 Å². The Hall–Kier alpha value is -0.940. The minimum atomic E-state index is -0.157. The molecule has 132 valence electrons. The predicted molar refractivity (Wildman–Crippen MR) is 94.7 cm³/mol. The Morgan fingerprint density at radius 1 is 1.21 bits per heavy atom. The molecule has 1 amide bonds. The van der Waals surface area contributed by atoms with Gasteiger partial charge in [0.25, 0.3) is 5.91 Å². The first-order valence-corrected chi connectivity index (χ1v) is 10.2.